The van der Waals surface area contributed by atoms with Crippen molar-refractivity contribution in [2.75, 3.05) is 26.0 Å². The van der Waals surface area contributed by atoms with Crippen molar-refractivity contribution >= 4 is 10.0 Å². The van der Waals surface area contributed by atoms with Gasteiger partial charge < -0.3 is 5.11 Å². The predicted octanol–water partition coefficient (Wildman–Crippen LogP) is -0.740. The van der Waals surface area contributed by atoms with Crippen LogP contribution < -0.4 is 0 Å². The second-order valence-electron chi connectivity index (χ2n) is 2.96. The topological polar surface area (TPSA) is 57.6 Å². The van der Waals surface area contributed by atoms with Gasteiger partial charge >= 0.3 is 0 Å². The van der Waals surface area contributed by atoms with Crippen LogP contribution in [0.1, 0.15) is 6.42 Å². The van der Waals surface area contributed by atoms with Crippen LogP contribution in [0.3, 0.4) is 0 Å². The monoisotopic (exact) mass is 179 g/mol. The van der Waals surface area contributed by atoms with Crippen molar-refractivity contribution in [3.63, 3.8) is 0 Å². The fourth-order valence-corrected chi connectivity index (χ4v) is 2.17. The van der Waals surface area contributed by atoms with Gasteiger partial charge in [-0.15, -0.1) is 0 Å². The number of aliphatic hydroxyl groups excluding tert-OH is 1. The summed E-state index contributed by atoms with van der Waals surface area (Å²) in [5.74, 6) is 0.143. The van der Waals surface area contributed by atoms with E-state index in [0.717, 1.165) is 6.42 Å². The van der Waals surface area contributed by atoms with Gasteiger partial charge in [0.15, 0.2) is 0 Å². The zero-order valence-corrected chi connectivity index (χ0v) is 7.34. The van der Waals surface area contributed by atoms with Gasteiger partial charge in [-0.05, 0) is 12.3 Å². The van der Waals surface area contributed by atoms with Crippen LogP contribution in [0.2, 0.25) is 0 Å². The maximum Gasteiger partial charge on any atom is 0.211 e. The second-order valence-corrected chi connectivity index (χ2v) is 4.94. The molecule has 1 rings (SSSR count). The highest BCUT2D eigenvalue weighted by Gasteiger charge is 2.27. The molecule has 0 aliphatic carbocycles. The first-order valence-corrected chi connectivity index (χ1v) is 5.45. The van der Waals surface area contributed by atoms with Crippen LogP contribution in [0.25, 0.3) is 0 Å². The van der Waals surface area contributed by atoms with Gasteiger partial charge in [-0.3, -0.25) is 0 Å². The molecule has 0 radical (unpaired) electrons. The molecule has 0 aromatic rings. The van der Waals surface area contributed by atoms with Crippen LogP contribution in [0, 0.1) is 5.92 Å². The lowest BCUT2D eigenvalue weighted by molar-refractivity contribution is 0.233. The largest absolute Gasteiger partial charge is 0.396 e. The van der Waals surface area contributed by atoms with Crippen molar-refractivity contribution in [3.8, 4) is 0 Å². The molecule has 0 amide bonds. The number of sulfonamides is 1. The van der Waals surface area contributed by atoms with E-state index in [1.807, 2.05) is 0 Å². The Hall–Kier alpha value is -0.130. The Kier molecular flexibility index (Phi) is 2.51. The Morgan fingerprint density at radius 3 is 2.55 bits per heavy atom. The van der Waals surface area contributed by atoms with E-state index in [-0.39, 0.29) is 12.5 Å². The fourth-order valence-electron chi connectivity index (χ4n) is 1.25. The highest BCUT2D eigenvalue weighted by Crippen LogP contribution is 2.17. The summed E-state index contributed by atoms with van der Waals surface area (Å²) < 4.78 is 23.3. The van der Waals surface area contributed by atoms with E-state index in [4.69, 9.17) is 5.11 Å². The third kappa shape index (κ3) is 2.15. The lowest BCUT2D eigenvalue weighted by atomic mass is 10.1. The minimum absolute atomic E-state index is 0.0893. The molecule has 66 valence electrons. The van der Waals surface area contributed by atoms with E-state index in [9.17, 15) is 8.42 Å². The Balaban J connectivity index is 2.55. The summed E-state index contributed by atoms with van der Waals surface area (Å²) in [6.07, 6.45) is 1.98. The van der Waals surface area contributed by atoms with E-state index in [2.05, 4.69) is 0 Å². The van der Waals surface area contributed by atoms with E-state index < -0.39 is 10.0 Å². The lowest BCUT2D eigenvalue weighted by Crippen LogP contribution is -2.27. The summed E-state index contributed by atoms with van der Waals surface area (Å²) >= 11 is 0. The molecule has 1 heterocycles. The first kappa shape index (κ1) is 8.96. The number of rotatable bonds is 2. The maximum absolute atomic E-state index is 10.9. The van der Waals surface area contributed by atoms with Crippen molar-refractivity contribution in [2.24, 2.45) is 5.92 Å². The highest BCUT2D eigenvalue weighted by atomic mass is 32.2. The number of hydrogen-bond donors (Lipinski definition) is 1. The molecular formula is C6H13NO3S. The minimum atomic E-state index is -3.02. The summed E-state index contributed by atoms with van der Waals surface area (Å²) in [6.45, 7) is 1.13. The van der Waals surface area contributed by atoms with E-state index >= 15 is 0 Å². The van der Waals surface area contributed by atoms with Crippen molar-refractivity contribution in [3.05, 3.63) is 0 Å². The lowest BCUT2D eigenvalue weighted by Gasteiger charge is -2.11. The van der Waals surface area contributed by atoms with Gasteiger partial charge in [0, 0.05) is 19.7 Å². The van der Waals surface area contributed by atoms with E-state index in [1.54, 1.807) is 0 Å². The van der Waals surface area contributed by atoms with Crippen LogP contribution in [-0.4, -0.2) is 43.8 Å². The fraction of sp³-hybridized carbons (Fsp3) is 1.00. The van der Waals surface area contributed by atoms with Crippen LogP contribution >= 0.6 is 0 Å². The van der Waals surface area contributed by atoms with Gasteiger partial charge in [-0.2, -0.15) is 0 Å². The standard InChI is InChI=1S/C6H13NO3S/c1-11(9,10)7-3-2-6(4-7)5-8/h6,8H,2-5H2,1H3. The highest BCUT2D eigenvalue weighted by molar-refractivity contribution is 7.88. The predicted molar refractivity (Wildman–Crippen MR) is 41.6 cm³/mol. The van der Waals surface area contributed by atoms with Crippen LogP contribution in [0.4, 0.5) is 0 Å². The number of nitrogens with zero attached hydrogens (tertiary/aromatic N) is 1. The molecule has 5 heteroatoms. The summed E-state index contributed by atoms with van der Waals surface area (Å²) in [6, 6.07) is 0. The molecule has 0 spiro atoms. The summed E-state index contributed by atoms with van der Waals surface area (Å²) in [4.78, 5) is 0. The van der Waals surface area contributed by atoms with Crippen LogP contribution in [0.5, 0.6) is 0 Å². The first-order chi connectivity index (χ1) is 5.04. The molecule has 11 heavy (non-hydrogen) atoms. The van der Waals surface area contributed by atoms with Crippen molar-refractivity contribution in [1.82, 2.24) is 4.31 Å². The van der Waals surface area contributed by atoms with Gasteiger partial charge in [0.1, 0.15) is 0 Å². The normalized spacial score (nSPS) is 27.6. The third-order valence-electron chi connectivity index (χ3n) is 1.98. The molecule has 1 saturated heterocycles. The zero-order chi connectivity index (χ0) is 8.48. The van der Waals surface area contributed by atoms with Crippen LogP contribution in [-0.2, 0) is 10.0 Å². The molecule has 0 bridgehead atoms. The molecule has 1 atom stereocenters. The van der Waals surface area contributed by atoms with Gasteiger partial charge in [-0.25, -0.2) is 12.7 Å². The van der Waals surface area contributed by atoms with Gasteiger partial charge in [0.05, 0.1) is 6.26 Å². The second kappa shape index (κ2) is 3.08. The Labute approximate surface area is 66.9 Å². The summed E-state index contributed by atoms with van der Waals surface area (Å²) in [5.41, 5.74) is 0. The number of hydrogen-bond acceptors (Lipinski definition) is 3. The molecule has 0 aromatic carbocycles. The Bertz CT molecular complexity index is 224. The molecule has 4 nitrogen and oxygen atoms in total. The summed E-state index contributed by atoms with van der Waals surface area (Å²) in [7, 11) is -3.02. The molecule has 0 saturated carbocycles. The Morgan fingerprint density at radius 2 is 2.27 bits per heavy atom. The Morgan fingerprint density at radius 1 is 1.64 bits per heavy atom. The smallest absolute Gasteiger partial charge is 0.211 e. The maximum atomic E-state index is 10.9. The van der Waals surface area contributed by atoms with Gasteiger partial charge in [0.2, 0.25) is 10.0 Å². The first-order valence-electron chi connectivity index (χ1n) is 3.60. The minimum Gasteiger partial charge on any atom is -0.396 e. The number of aliphatic hydroxyl groups is 1. The van der Waals surface area contributed by atoms with Gasteiger partial charge in [-0.1, -0.05) is 0 Å². The zero-order valence-electron chi connectivity index (χ0n) is 6.52. The molecule has 1 unspecified atom stereocenters. The average Bonchev–Trinajstić information content (AvgIpc) is 2.32. The van der Waals surface area contributed by atoms with E-state index in [0.29, 0.717) is 13.1 Å². The van der Waals surface area contributed by atoms with Crippen molar-refractivity contribution in [1.29, 1.82) is 0 Å². The molecule has 1 fully saturated rings. The SMILES string of the molecule is CS(=O)(=O)N1CCC(CO)C1. The van der Waals surface area contributed by atoms with E-state index in [1.165, 1.54) is 10.6 Å². The molecule has 1 aliphatic rings. The van der Waals surface area contributed by atoms with Crippen LogP contribution in [0.15, 0.2) is 0 Å². The molecule has 1 N–H and O–H groups in total. The third-order valence-corrected chi connectivity index (χ3v) is 3.25. The molecule has 1 aliphatic heterocycles. The van der Waals surface area contributed by atoms with Crippen molar-refractivity contribution < 1.29 is 13.5 Å². The van der Waals surface area contributed by atoms with Crippen molar-refractivity contribution in [2.45, 2.75) is 6.42 Å². The molecular weight excluding hydrogens is 166 g/mol. The quantitative estimate of drug-likeness (QED) is 0.607. The summed E-state index contributed by atoms with van der Waals surface area (Å²) in [5, 5.41) is 8.73. The molecule has 0 aromatic heterocycles. The van der Waals surface area contributed by atoms with Gasteiger partial charge in [0.25, 0.3) is 0 Å². The average molecular weight is 179 g/mol.